The Kier molecular flexibility index (Phi) is 4.50. The van der Waals surface area contributed by atoms with Gasteiger partial charge in [-0.3, -0.25) is 0 Å². The molecule has 0 unspecified atom stereocenters. The third kappa shape index (κ3) is 3.05. The van der Waals surface area contributed by atoms with Crippen LogP contribution in [-0.4, -0.2) is 19.3 Å². The van der Waals surface area contributed by atoms with Crippen LogP contribution in [0.15, 0.2) is 52.0 Å². The molecule has 0 spiro atoms. The van der Waals surface area contributed by atoms with Crippen LogP contribution in [0.25, 0.3) is 0 Å². The Hall–Kier alpha value is -1.74. The summed E-state index contributed by atoms with van der Waals surface area (Å²) in [6, 6.07) is 9.62. The quantitative estimate of drug-likeness (QED) is 0.798. The molecule has 0 amide bonds. The number of rotatable bonds is 5. The maximum atomic E-state index is 12.6. The minimum absolute atomic E-state index is 0.0310. The second kappa shape index (κ2) is 6.14. The molecule has 1 heterocycles. The summed E-state index contributed by atoms with van der Waals surface area (Å²) in [6.45, 7) is -0.000979. The Morgan fingerprint density at radius 2 is 2.00 bits per heavy atom. The van der Waals surface area contributed by atoms with Crippen LogP contribution in [0.2, 0.25) is 5.02 Å². The van der Waals surface area contributed by atoms with Crippen molar-refractivity contribution in [1.82, 2.24) is 4.31 Å². The van der Waals surface area contributed by atoms with Crippen molar-refractivity contribution in [3.05, 3.63) is 53.4 Å². The van der Waals surface area contributed by atoms with E-state index in [-0.39, 0.29) is 23.0 Å². The van der Waals surface area contributed by atoms with Crippen LogP contribution in [0.4, 0.5) is 0 Å². The molecule has 4 nitrogen and oxygen atoms in total. The lowest BCUT2D eigenvalue weighted by Gasteiger charge is -2.19. The van der Waals surface area contributed by atoms with Gasteiger partial charge >= 0.3 is 0 Å². The molecule has 1 aromatic carbocycles. The van der Waals surface area contributed by atoms with Crippen LogP contribution < -0.4 is 0 Å². The third-order valence-electron chi connectivity index (χ3n) is 2.63. The number of nitrogens with zero attached hydrogens (tertiary/aromatic N) is 1. The average molecular weight is 310 g/mol. The summed E-state index contributed by atoms with van der Waals surface area (Å²) in [5.74, 6) is 2.85. The predicted molar refractivity (Wildman–Crippen MR) is 76.6 cm³/mol. The van der Waals surface area contributed by atoms with Gasteiger partial charge in [0, 0.05) is 0 Å². The van der Waals surface area contributed by atoms with Crippen molar-refractivity contribution in [2.75, 3.05) is 6.54 Å². The highest BCUT2D eigenvalue weighted by molar-refractivity contribution is 7.89. The number of terminal acetylenes is 1. The standard InChI is InChI=1S/C14H12ClNO3S/c1-2-9-16(11-12-6-5-10-19-12)20(17,18)14-8-4-3-7-13(14)15/h1,3-8,10H,9,11H2. The van der Waals surface area contributed by atoms with Gasteiger partial charge in [-0.25, -0.2) is 8.42 Å². The number of benzene rings is 1. The third-order valence-corrected chi connectivity index (χ3v) is 4.93. The van der Waals surface area contributed by atoms with E-state index in [9.17, 15) is 8.42 Å². The Balaban J connectivity index is 2.38. The van der Waals surface area contributed by atoms with Crippen molar-refractivity contribution >= 4 is 21.6 Å². The van der Waals surface area contributed by atoms with Crippen molar-refractivity contribution in [3.63, 3.8) is 0 Å². The van der Waals surface area contributed by atoms with Crippen molar-refractivity contribution in [3.8, 4) is 12.3 Å². The highest BCUT2D eigenvalue weighted by Gasteiger charge is 2.26. The van der Waals surface area contributed by atoms with E-state index in [1.165, 1.54) is 18.4 Å². The van der Waals surface area contributed by atoms with Crippen LogP contribution in [0.5, 0.6) is 0 Å². The molecule has 20 heavy (non-hydrogen) atoms. The molecule has 0 aliphatic carbocycles. The Morgan fingerprint density at radius 3 is 2.60 bits per heavy atom. The molecule has 1 aromatic heterocycles. The van der Waals surface area contributed by atoms with Crippen molar-refractivity contribution in [2.24, 2.45) is 0 Å². The summed E-state index contributed by atoms with van der Waals surface area (Å²) < 4.78 is 31.5. The van der Waals surface area contributed by atoms with E-state index in [4.69, 9.17) is 22.4 Å². The van der Waals surface area contributed by atoms with Gasteiger partial charge in [0.25, 0.3) is 0 Å². The highest BCUT2D eigenvalue weighted by atomic mass is 35.5. The fourth-order valence-electron chi connectivity index (χ4n) is 1.70. The molecule has 2 rings (SSSR count). The summed E-state index contributed by atoms with van der Waals surface area (Å²) >= 11 is 5.95. The number of furan rings is 1. The van der Waals surface area contributed by atoms with E-state index < -0.39 is 10.0 Å². The molecule has 0 fully saturated rings. The first-order valence-electron chi connectivity index (χ1n) is 5.76. The molecular weight excluding hydrogens is 298 g/mol. The van der Waals surface area contributed by atoms with Gasteiger partial charge in [0.05, 0.1) is 24.4 Å². The van der Waals surface area contributed by atoms with E-state index in [1.54, 1.807) is 24.3 Å². The van der Waals surface area contributed by atoms with Crippen LogP contribution in [0.1, 0.15) is 5.76 Å². The van der Waals surface area contributed by atoms with E-state index >= 15 is 0 Å². The second-order valence-electron chi connectivity index (χ2n) is 3.99. The molecule has 0 saturated heterocycles. The Bertz CT molecular complexity index is 717. The number of hydrogen-bond donors (Lipinski definition) is 0. The van der Waals surface area contributed by atoms with Crippen molar-refractivity contribution in [1.29, 1.82) is 0 Å². The number of halogens is 1. The summed E-state index contributed by atoms with van der Waals surface area (Å²) in [5.41, 5.74) is 0. The minimum Gasteiger partial charge on any atom is -0.468 e. The second-order valence-corrected chi connectivity index (χ2v) is 6.30. The zero-order valence-electron chi connectivity index (χ0n) is 10.5. The molecule has 0 atom stereocenters. The molecule has 0 N–H and O–H groups in total. The summed E-state index contributed by atoms with van der Waals surface area (Å²) in [5, 5.41) is 0.161. The number of sulfonamides is 1. The maximum absolute atomic E-state index is 12.6. The van der Waals surface area contributed by atoms with E-state index in [0.717, 1.165) is 4.31 Å². The minimum atomic E-state index is -3.77. The Labute approximate surface area is 123 Å². The van der Waals surface area contributed by atoms with Gasteiger partial charge in [-0.05, 0) is 24.3 Å². The zero-order chi connectivity index (χ0) is 14.6. The van der Waals surface area contributed by atoms with Crippen molar-refractivity contribution in [2.45, 2.75) is 11.4 Å². The summed E-state index contributed by atoms with van der Waals surface area (Å²) in [6.07, 6.45) is 6.73. The molecule has 2 aromatic rings. The lowest BCUT2D eigenvalue weighted by atomic mass is 10.4. The van der Waals surface area contributed by atoms with Crippen LogP contribution in [-0.2, 0) is 16.6 Å². The molecule has 104 valence electrons. The van der Waals surface area contributed by atoms with E-state index in [2.05, 4.69) is 5.92 Å². The first-order chi connectivity index (χ1) is 9.55. The van der Waals surface area contributed by atoms with Gasteiger partial charge in [-0.2, -0.15) is 4.31 Å². The topological polar surface area (TPSA) is 50.5 Å². The SMILES string of the molecule is C#CCN(Cc1ccco1)S(=O)(=O)c1ccccc1Cl. The molecular formula is C14H12ClNO3S. The van der Waals surface area contributed by atoms with Gasteiger partial charge in [0.1, 0.15) is 10.7 Å². The fraction of sp³-hybridized carbons (Fsp3) is 0.143. The van der Waals surface area contributed by atoms with Gasteiger partial charge in [-0.1, -0.05) is 29.7 Å². The monoisotopic (exact) mass is 309 g/mol. The van der Waals surface area contributed by atoms with Gasteiger partial charge in [0.2, 0.25) is 10.0 Å². The zero-order valence-corrected chi connectivity index (χ0v) is 12.1. The average Bonchev–Trinajstić information content (AvgIpc) is 2.91. The van der Waals surface area contributed by atoms with Crippen LogP contribution >= 0.6 is 11.6 Å². The summed E-state index contributed by atoms with van der Waals surface area (Å²) in [7, 11) is -3.77. The van der Waals surface area contributed by atoms with Crippen LogP contribution in [0.3, 0.4) is 0 Å². The molecule has 6 heteroatoms. The van der Waals surface area contributed by atoms with Gasteiger partial charge in [-0.15, -0.1) is 6.42 Å². The van der Waals surface area contributed by atoms with E-state index in [1.807, 2.05) is 0 Å². The largest absolute Gasteiger partial charge is 0.468 e. The highest BCUT2D eigenvalue weighted by Crippen LogP contribution is 2.25. The molecule has 0 bridgehead atoms. The first kappa shape index (κ1) is 14.7. The fourth-order valence-corrected chi connectivity index (χ4v) is 3.51. The van der Waals surface area contributed by atoms with Crippen LogP contribution in [0, 0.1) is 12.3 Å². The Morgan fingerprint density at radius 1 is 1.25 bits per heavy atom. The molecule has 0 saturated carbocycles. The molecule has 0 aliphatic rings. The number of hydrogen-bond acceptors (Lipinski definition) is 3. The van der Waals surface area contributed by atoms with Gasteiger partial charge in [0.15, 0.2) is 0 Å². The van der Waals surface area contributed by atoms with Crippen molar-refractivity contribution < 1.29 is 12.8 Å². The molecule has 0 radical (unpaired) electrons. The van der Waals surface area contributed by atoms with Gasteiger partial charge < -0.3 is 4.42 Å². The smallest absolute Gasteiger partial charge is 0.245 e. The lowest BCUT2D eigenvalue weighted by molar-refractivity contribution is 0.389. The van der Waals surface area contributed by atoms with E-state index in [0.29, 0.717) is 5.76 Å². The normalized spacial score (nSPS) is 11.4. The first-order valence-corrected chi connectivity index (χ1v) is 7.58. The summed E-state index contributed by atoms with van der Waals surface area (Å²) in [4.78, 5) is 0.0310. The molecule has 0 aliphatic heterocycles. The predicted octanol–water partition coefficient (Wildman–Crippen LogP) is 2.76. The lowest BCUT2D eigenvalue weighted by Crippen LogP contribution is -2.31. The maximum Gasteiger partial charge on any atom is 0.245 e.